The standard InChI is InChI=1S/C19H15BrN6O2/c1-28-16-10-21-26(19(27)17(16)20)11-12-6-8-13(9-7-12)14-4-2-3-5-15(14)18-22-24-25-23-18/h2-10H,11H2,1H3,(H,22,23,24,25). The van der Waals surface area contributed by atoms with Crippen LogP contribution >= 0.6 is 15.9 Å². The molecule has 0 atom stereocenters. The van der Waals surface area contributed by atoms with Crippen LogP contribution in [0.5, 0.6) is 5.75 Å². The number of H-pyrrole nitrogens is 1. The maximum absolute atomic E-state index is 12.4. The Balaban J connectivity index is 1.63. The van der Waals surface area contributed by atoms with Crippen molar-refractivity contribution in [1.29, 1.82) is 0 Å². The number of tetrazole rings is 1. The van der Waals surface area contributed by atoms with Crippen LogP contribution in [0.25, 0.3) is 22.5 Å². The molecule has 0 bridgehead atoms. The first-order chi connectivity index (χ1) is 13.7. The minimum absolute atomic E-state index is 0.245. The van der Waals surface area contributed by atoms with E-state index in [1.807, 2.05) is 48.5 Å². The van der Waals surface area contributed by atoms with Crippen molar-refractivity contribution in [3.8, 4) is 28.3 Å². The zero-order valence-electron chi connectivity index (χ0n) is 14.8. The van der Waals surface area contributed by atoms with Crippen LogP contribution in [0.15, 0.2) is 64.0 Å². The number of ether oxygens (including phenoxy) is 1. The first-order valence-electron chi connectivity index (χ1n) is 8.39. The molecule has 0 fully saturated rings. The average Bonchev–Trinajstić information content (AvgIpc) is 3.27. The molecular weight excluding hydrogens is 424 g/mol. The lowest BCUT2D eigenvalue weighted by Crippen LogP contribution is -2.24. The quantitative estimate of drug-likeness (QED) is 0.514. The summed E-state index contributed by atoms with van der Waals surface area (Å²) in [7, 11) is 1.50. The third kappa shape index (κ3) is 3.44. The van der Waals surface area contributed by atoms with Crippen molar-refractivity contribution in [2.75, 3.05) is 7.11 Å². The van der Waals surface area contributed by atoms with Crippen molar-refractivity contribution in [2.45, 2.75) is 6.54 Å². The van der Waals surface area contributed by atoms with Gasteiger partial charge in [0.25, 0.3) is 5.56 Å². The van der Waals surface area contributed by atoms with E-state index < -0.39 is 0 Å². The maximum Gasteiger partial charge on any atom is 0.285 e. The fraction of sp³-hybridized carbons (Fsp3) is 0.105. The molecule has 1 N–H and O–H groups in total. The number of benzene rings is 2. The highest BCUT2D eigenvalue weighted by molar-refractivity contribution is 9.10. The van der Waals surface area contributed by atoms with Crippen LogP contribution in [0.4, 0.5) is 0 Å². The monoisotopic (exact) mass is 438 g/mol. The second kappa shape index (κ2) is 7.73. The van der Waals surface area contributed by atoms with Gasteiger partial charge < -0.3 is 4.74 Å². The van der Waals surface area contributed by atoms with E-state index in [0.29, 0.717) is 22.6 Å². The van der Waals surface area contributed by atoms with E-state index >= 15 is 0 Å². The highest BCUT2D eigenvalue weighted by Crippen LogP contribution is 2.29. The van der Waals surface area contributed by atoms with Crippen LogP contribution in [0, 0.1) is 0 Å². The van der Waals surface area contributed by atoms with E-state index in [0.717, 1.165) is 22.3 Å². The highest BCUT2D eigenvalue weighted by Gasteiger charge is 2.12. The van der Waals surface area contributed by atoms with Gasteiger partial charge in [0.1, 0.15) is 4.47 Å². The zero-order chi connectivity index (χ0) is 19.5. The van der Waals surface area contributed by atoms with Gasteiger partial charge in [-0.15, -0.1) is 10.2 Å². The molecule has 2 aromatic heterocycles. The normalized spacial score (nSPS) is 10.8. The number of hydrogen-bond acceptors (Lipinski definition) is 6. The highest BCUT2D eigenvalue weighted by atomic mass is 79.9. The van der Waals surface area contributed by atoms with Gasteiger partial charge in [-0.25, -0.2) is 4.68 Å². The Morgan fingerprint density at radius 3 is 2.54 bits per heavy atom. The molecule has 28 heavy (non-hydrogen) atoms. The van der Waals surface area contributed by atoms with Crippen LogP contribution in [0.3, 0.4) is 0 Å². The van der Waals surface area contributed by atoms with E-state index in [4.69, 9.17) is 4.74 Å². The predicted molar refractivity (Wildman–Crippen MR) is 107 cm³/mol. The van der Waals surface area contributed by atoms with Gasteiger partial charge in [-0.05, 0) is 37.8 Å². The molecule has 140 valence electrons. The number of methoxy groups -OCH3 is 1. The van der Waals surface area contributed by atoms with Gasteiger partial charge in [-0.1, -0.05) is 48.5 Å². The Kier molecular flexibility index (Phi) is 4.98. The predicted octanol–water partition coefficient (Wildman–Crippen LogP) is 2.91. The summed E-state index contributed by atoms with van der Waals surface area (Å²) >= 11 is 3.26. The summed E-state index contributed by atoms with van der Waals surface area (Å²) in [6, 6.07) is 15.8. The van der Waals surface area contributed by atoms with Crippen LogP contribution in [-0.4, -0.2) is 37.5 Å². The topological polar surface area (TPSA) is 98.6 Å². The minimum atomic E-state index is -0.245. The van der Waals surface area contributed by atoms with E-state index in [-0.39, 0.29) is 5.56 Å². The van der Waals surface area contributed by atoms with E-state index in [2.05, 4.69) is 41.7 Å². The van der Waals surface area contributed by atoms with Gasteiger partial charge in [0, 0.05) is 5.56 Å². The maximum atomic E-state index is 12.4. The van der Waals surface area contributed by atoms with E-state index in [1.165, 1.54) is 18.0 Å². The summed E-state index contributed by atoms with van der Waals surface area (Å²) in [4.78, 5) is 12.4. The molecule has 0 amide bonds. The summed E-state index contributed by atoms with van der Waals surface area (Å²) in [5.74, 6) is 0.952. The van der Waals surface area contributed by atoms with Crippen LogP contribution in [-0.2, 0) is 6.54 Å². The Hall–Kier alpha value is -3.33. The molecule has 0 spiro atoms. The lowest BCUT2D eigenvalue weighted by atomic mass is 9.98. The minimum Gasteiger partial charge on any atom is -0.494 e. The average molecular weight is 439 g/mol. The Labute approximate surface area is 168 Å². The molecular formula is C19H15BrN6O2. The Morgan fingerprint density at radius 2 is 1.86 bits per heavy atom. The van der Waals surface area contributed by atoms with Crippen LogP contribution in [0.2, 0.25) is 0 Å². The van der Waals surface area contributed by atoms with Crippen LogP contribution in [0.1, 0.15) is 5.56 Å². The summed E-state index contributed by atoms with van der Waals surface area (Å²) < 4.78 is 6.84. The number of hydrogen-bond donors (Lipinski definition) is 1. The van der Waals surface area contributed by atoms with Crippen LogP contribution < -0.4 is 10.3 Å². The molecule has 0 aliphatic carbocycles. The third-order valence-corrected chi connectivity index (χ3v) is 5.01. The Bertz CT molecular complexity index is 1160. The molecule has 0 aliphatic rings. The van der Waals surface area contributed by atoms with Crippen molar-refractivity contribution in [3.63, 3.8) is 0 Å². The van der Waals surface area contributed by atoms with Crippen molar-refractivity contribution in [2.24, 2.45) is 0 Å². The SMILES string of the molecule is COc1cnn(Cc2ccc(-c3ccccc3-c3nn[nH]n3)cc2)c(=O)c1Br. The number of nitrogens with one attached hydrogen (secondary N) is 1. The van der Waals surface area contributed by atoms with Gasteiger partial charge in [0.15, 0.2) is 5.75 Å². The summed E-state index contributed by atoms with van der Waals surface area (Å²) in [6.45, 7) is 0.355. The number of halogens is 1. The number of nitrogens with zero attached hydrogens (tertiary/aromatic N) is 5. The van der Waals surface area contributed by atoms with Gasteiger partial charge in [0.05, 0.1) is 19.9 Å². The van der Waals surface area contributed by atoms with Crippen molar-refractivity contribution in [3.05, 3.63) is 75.1 Å². The second-order valence-corrected chi connectivity index (χ2v) is 6.76. The molecule has 9 heteroatoms. The number of aromatic amines is 1. The number of rotatable bonds is 5. The molecule has 4 aromatic rings. The Morgan fingerprint density at radius 1 is 1.11 bits per heavy atom. The fourth-order valence-electron chi connectivity index (χ4n) is 2.87. The molecule has 2 heterocycles. The van der Waals surface area contributed by atoms with Gasteiger partial charge in [-0.2, -0.15) is 10.3 Å². The molecule has 0 saturated carbocycles. The van der Waals surface area contributed by atoms with Crippen molar-refractivity contribution >= 4 is 15.9 Å². The van der Waals surface area contributed by atoms with E-state index in [1.54, 1.807) is 0 Å². The van der Waals surface area contributed by atoms with Crippen molar-refractivity contribution in [1.82, 2.24) is 30.4 Å². The third-order valence-electron chi connectivity index (χ3n) is 4.28. The van der Waals surface area contributed by atoms with Gasteiger partial charge in [-0.3, -0.25) is 4.79 Å². The molecule has 0 aliphatic heterocycles. The lowest BCUT2D eigenvalue weighted by molar-refractivity contribution is 0.403. The summed E-state index contributed by atoms with van der Waals surface area (Å²) in [5, 5.41) is 18.4. The summed E-state index contributed by atoms with van der Waals surface area (Å²) in [5.41, 5.74) is 3.61. The molecule has 0 unspecified atom stereocenters. The van der Waals surface area contributed by atoms with E-state index in [9.17, 15) is 4.79 Å². The van der Waals surface area contributed by atoms with Gasteiger partial charge >= 0.3 is 0 Å². The molecule has 8 nitrogen and oxygen atoms in total. The molecule has 0 radical (unpaired) electrons. The van der Waals surface area contributed by atoms with Gasteiger partial charge in [0.2, 0.25) is 5.82 Å². The molecule has 2 aromatic carbocycles. The second-order valence-electron chi connectivity index (χ2n) is 5.97. The largest absolute Gasteiger partial charge is 0.494 e. The van der Waals surface area contributed by atoms with Crippen molar-refractivity contribution < 1.29 is 4.74 Å². The zero-order valence-corrected chi connectivity index (χ0v) is 16.4. The number of aromatic nitrogens is 6. The fourth-order valence-corrected chi connectivity index (χ4v) is 3.34. The first-order valence-corrected chi connectivity index (χ1v) is 9.18. The first kappa shape index (κ1) is 18.1. The molecule has 4 rings (SSSR count). The smallest absolute Gasteiger partial charge is 0.285 e. The summed E-state index contributed by atoms with van der Waals surface area (Å²) in [6.07, 6.45) is 1.51. The molecule has 0 saturated heterocycles. The lowest BCUT2D eigenvalue weighted by Gasteiger charge is -2.10.